The van der Waals surface area contributed by atoms with Crippen molar-refractivity contribution >= 4 is 35.2 Å². The first-order valence-electron chi connectivity index (χ1n) is 8.89. The summed E-state index contributed by atoms with van der Waals surface area (Å²) in [5, 5.41) is 6.52. The van der Waals surface area contributed by atoms with Crippen LogP contribution in [0.15, 0.2) is 47.5 Å². The molecule has 8 heteroatoms. The smallest absolute Gasteiger partial charge is 0.315 e. The number of morpholine rings is 1. The van der Waals surface area contributed by atoms with Gasteiger partial charge in [-0.3, -0.25) is 0 Å². The number of benzene rings is 1. The number of halogens is 1. The van der Waals surface area contributed by atoms with Crippen LogP contribution in [0.4, 0.5) is 10.6 Å². The third kappa shape index (κ3) is 6.30. The Morgan fingerprint density at radius 2 is 1.96 bits per heavy atom. The van der Waals surface area contributed by atoms with Crippen molar-refractivity contribution < 1.29 is 9.53 Å². The van der Waals surface area contributed by atoms with Gasteiger partial charge in [-0.25, -0.2) is 9.78 Å². The number of nitrogens with one attached hydrogen (secondary N) is 2. The number of carbonyl (C=O) groups is 1. The second-order valence-electron chi connectivity index (χ2n) is 6.00. The summed E-state index contributed by atoms with van der Waals surface area (Å²) in [7, 11) is 0. The Morgan fingerprint density at radius 3 is 2.74 bits per heavy atom. The maximum atomic E-state index is 12.1. The van der Waals surface area contributed by atoms with Gasteiger partial charge >= 0.3 is 6.03 Å². The zero-order chi connectivity index (χ0) is 18.9. The van der Waals surface area contributed by atoms with Crippen LogP contribution in [0.1, 0.15) is 5.56 Å². The van der Waals surface area contributed by atoms with Gasteiger partial charge in [-0.05, 0) is 30.3 Å². The maximum absolute atomic E-state index is 12.1. The second kappa shape index (κ2) is 10.4. The number of aromatic nitrogens is 1. The summed E-state index contributed by atoms with van der Waals surface area (Å²) in [6.07, 6.45) is 1.78. The Hall–Kier alpha value is -1.96. The van der Waals surface area contributed by atoms with Gasteiger partial charge in [0, 0.05) is 53.6 Å². The summed E-state index contributed by atoms with van der Waals surface area (Å²) < 4.78 is 5.39. The summed E-state index contributed by atoms with van der Waals surface area (Å²) in [6, 6.07) is 11.4. The molecule has 0 atom stereocenters. The molecule has 27 heavy (non-hydrogen) atoms. The third-order valence-electron chi connectivity index (χ3n) is 4.09. The van der Waals surface area contributed by atoms with Crippen LogP contribution < -0.4 is 15.5 Å². The van der Waals surface area contributed by atoms with Gasteiger partial charge in [-0.2, -0.15) is 0 Å². The molecule has 1 aromatic carbocycles. The molecule has 0 spiro atoms. The monoisotopic (exact) mass is 406 g/mol. The van der Waals surface area contributed by atoms with Gasteiger partial charge in [-0.1, -0.05) is 17.7 Å². The first kappa shape index (κ1) is 19.8. The number of rotatable bonds is 7. The molecule has 1 aliphatic heterocycles. The van der Waals surface area contributed by atoms with E-state index in [4.69, 9.17) is 16.3 Å². The van der Waals surface area contributed by atoms with E-state index < -0.39 is 0 Å². The van der Waals surface area contributed by atoms with Crippen LogP contribution in [-0.4, -0.2) is 49.6 Å². The van der Waals surface area contributed by atoms with Gasteiger partial charge < -0.3 is 20.3 Å². The summed E-state index contributed by atoms with van der Waals surface area (Å²) in [5.74, 6) is 1.71. The number of carbonyl (C=O) groups excluding carboxylic acids is 1. The Labute approximate surface area is 168 Å². The highest BCUT2D eigenvalue weighted by molar-refractivity contribution is 7.99. The normalized spacial score (nSPS) is 14.0. The largest absolute Gasteiger partial charge is 0.378 e. The van der Waals surface area contributed by atoms with E-state index in [1.807, 2.05) is 36.4 Å². The number of anilines is 1. The molecule has 0 unspecified atom stereocenters. The predicted molar refractivity (Wildman–Crippen MR) is 110 cm³/mol. The number of pyridine rings is 1. The number of hydrogen-bond acceptors (Lipinski definition) is 5. The molecule has 1 aromatic heterocycles. The molecular formula is C19H23ClN4O2S. The third-order valence-corrected chi connectivity index (χ3v) is 5.35. The van der Waals surface area contributed by atoms with Gasteiger partial charge in [0.1, 0.15) is 5.82 Å². The Kier molecular flexibility index (Phi) is 7.62. The SMILES string of the molecule is O=C(NCCSc1ccc(Cl)cc1)NCc1cccnc1N1CCOCC1. The van der Waals surface area contributed by atoms with E-state index in [1.54, 1.807) is 18.0 Å². The highest BCUT2D eigenvalue weighted by Gasteiger charge is 2.16. The Balaban J connectivity index is 1.40. The van der Waals surface area contributed by atoms with Gasteiger partial charge in [0.05, 0.1) is 13.2 Å². The lowest BCUT2D eigenvalue weighted by atomic mass is 10.2. The minimum Gasteiger partial charge on any atom is -0.378 e. The molecule has 2 N–H and O–H groups in total. The average molecular weight is 407 g/mol. The quantitative estimate of drug-likeness (QED) is 0.546. The molecule has 1 saturated heterocycles. The van der Waals surface area contributed by atoms with Crippen molar-refractivity contribution in [2.45, 2.75) is 11.4 Å². The number of thioether (sulfide) groups is 1. The fourth-order valence-corrected chi connectivity index (χ4v) is 3.62. The van der Waals surface area contributed by atoms with Gasteiger partial charge in [-0.15, -0.1) is 11.8 Å². The zero-order valence-electron chi connectivity index (χ0n) is 15.0. The number of amides is 2. The first-order chi connectivity index (χ1) is 13.2. The zero-order valence-corrected chi connectivity index (χ0v) is 16.6. The lowest BCUT2D eigenvalue weighted by Crippen LogP contribution is -2.39. The summed E-state index contributed by atoms with van der Waals surface area (Å²) >= 11 is 7.55. The van der Waals surface area contributed by atoms with Crippen LogP contribution in [0.2, 0.25) is 5.02 Å². The van der Waals surface area contributed by atoms with E-state index in [0.717, 1.165) is 40.1 Å². The number of urea groups is 1. The molecule has 1 fully saturated rings. The topological polar surface area (TPSA) is 66.5 Å². The molecular weight excluding hydrogens is 384 g/mol. The van der Waals surface area contributed by atoms with E-state index >= 15 is 0 Å². The van der Waals surface area contributed by atoms with Gasteiger partial charge in [0.2, 0.25) is 0 Å². The van der Waals surface area contributed by atoms with Crippen LogP contribution in [-0.2, 0) is 11.3 Å². The van der Waals surface area contributed by atoms with E-state index in [2.05, 4.69) is 20.5 Å². The molecule has 0 radical (unpaired) electrons. The molecule has 144 valence electrons. The fourth-order valence-electron chi connectivity index (χ4n) is 2.73. The molecule has 2 heterocycles. The van der Waals surface area contributed by atoms with Crippen molar-refractivity contribution in [3.63, 3.8) is 0 Å². The van der Waals surface area contributed by atoms with Crippen molar-refractivity contribution in [2.75, 3.05) is 43.5 Å². The van der Waals surface area contributed by atoms with Crippen LogP contribution >= 0.6 is 23.4 Å². The second-order valence-corrected chi connectivity index (χ2v) is 7.60. The van der Waals surface area contributed by atoms with Crippen molar-refractivity contribution in [3.05, 3.63) is 53.2 Å². The highest BCUT2D eigenvalue weighted by atomic mass is 35.5. The van der Waals surface area contributed by atoms with Gasteiger partial charge in [0.25, 0.3) is 0 Å². The van der Waals surface area contributed by atoms with Crippen molar-refractivity contribution in [2.24, 2.45) is 0 Å². The summed E-state index contributed by atoms with van der Waals surface area (Å²) in [4.78, 5) is 19.9. The number of nitrogens with zero attached hydrogens (tertiary/aromatic N) is 2. The minimum absolute atomic E-state index is 0.177. The van der Waals surface area contributed by atoms with Crippen molar-refractivity contribution in [3.8, 4) is 0 Å². The predicted octanol–water partition coefficient (Wildman–Crippen LogP) is 3.16. The van der Waals surface area contributed by atoms with Crippen LogP contribution in [0.3, 0.4) is 0 Å². The molecule has 1 aliphatic rings. The lowest BCUT2D eigenvalue weighted by Gasteiger charge is -2.29. The average Bonchev–Trinajstić information content (AvgIpc) is 2.72. The van der Waals surface area contributed by atoms with Gasteiger partial charge in [0.15, 0.2) is 0 Å². The highest BCUT2D eigenvalue weighted by Crippen LogP contribution is 2.20. The Bertz CT molecular complexity index is 739. The van der Waals surface area contributed by atoms with Crippen LogP contribution in [0.25, 0.3) is 0 Å². The lowest BCUT2D eigenvalue weighted by molar-refractivity contribution is 0.122. The molecule has 6 nitrogen and oxygen atoms in total. The van der Waals surface area contributed by atoms with E-state index in [9.17, 15) is 4.79 Å². The van der Waals surface area contributed by atoms with E-state index in [0.29, 0.717) is 26.3 Å². The van der Waals surface area contributed by atoms with Crippen LogP contribution in [0.5, 0.6) is 0 Å². The first-order valence-corrected chi connectivity index (χ1v) is 10.3. The molecule has 3 rings (SSSR count). The van der Waals surface area contributed by atoms with Crippen molar-refractivity contribution in [1.29, 1.82) is 0 Å². The molecule has 2 aromatic rings. The number of hydrogen-bond donors (Lipinski definition) is 2. The molecule has 0 bridgehead atoms. The molecule has 2 amide bonds. The van der Waals surface area contributed by atoms with E-state index in [-0.39, 0.29) is 6.03 Å². The maximum Gasteiger partial charge on any atom is 0.315 e. The minimum atomic E-state index is -0.177. The summed E-state index contributed by atoms with van der Waals surface area (Å²) in [6.45, 7) is 4.07. The molecule has 0 aliphatic carbocycles. The van der Waals surface area contributed by atoms with Crippen molar-refractivity contribution in [1.82, 2.24) is 15.6 Å². The summed E-state index contributed by atoms with van der Waals surface area (Å²) in [5.41, 5.74) is 1.00. The number of ether oxygens (including phenoxy) is 1. The van der Waals surface area contributed by atoms with Crippen LogP contribution in [0, 0.1) is 0 Å². The van der Waals surface area contributed by atoms with E-state index in [1.165, 1.54) is 0 Å². The molecule has 0 saturated carbocycles. The standard InChI is InChI=1S/C19H23ClN4O2S/c20-16-3-5-17(6-4-16)27-13-8-22-19(25)23-14-15-2-1-7-21-18(15)24-9-11-26-12-10-24/h1-7H,8-14H2,(H2,22,23,25). The fraction of sp³-hybridized carbons (Fsp3) is 0.368. The Morgan fingerprint density at radius 1 is 1.19 bits per heavy atom.